The van der Waals surface area contributed by atoms with Gasteiger partial charge in [-0.3, -0.25) is 0 Å². The van der Waals surface area contributed by atoms with Crippen LogP contribution in [0.25, 0.3) is 0 Å². The summed E-state index contributed by atoms with van der Waals surface area (Å²) in [7, 11) is -7.66. The van der Waals surface area contributed by atoms with E-state index in [4.69, 9.17) is 0 Å². The first-order valence-electron chi connectivity index (χ1n) is 8.17. The Bertz CT molecular complexity index is 1000. The highest BCUT2D eigenvalue weighted by Gasteiger charge is 2.46. The fraction of sp³-hybridized carbons (Fsp3) is 0.333. The van der Waals surface area contributed by atoms with Crippen molar-refractivity contribution < 1.29 is 21.2 Å². The number of hydrogen-bond acceptors (Lipinski definition) is 5. The lowest BCUT2D eigenvalue weighted by Gasteiger charge is -2.20. The molecule has 1 fully saturated rings. The lowest BCUT2D eigenvalue weighted by molar-refractivity contribution is 0.518. The van der Waals surface area contributed by atoms with Crippen molar-refractivity contribution in [1.29, 1.82) is 0 Å². The zero-order valence-electron chi connectivity index (χ0n) is 14.2. The number of rotatable bonds is 5. The summed E-state index contributed by atoms with van der Waals surface area (Å²) in [4.78, 5) is -0.439. The minimum atomic E-state index is -4.13. The van der Waals surface area contributed by atoms with E-state index in [-0.39, 0.29) is 5.75 Å². The number of halogens is 1. The third kappa shape index (κ3) is 3.97. The maximum absolute atomic E-state index is 14.1. The molecule has 2 atom stereocenters. The van der Waals surface area contributed by atoms with Crippen LogP contribution in [0.4, 0.5) is 4.39 Å². The van der Waals surface area contributed by atoms with Gasteiger partial charge in [0.05, 0.1) is 16.8 Å². The molecule has 0 unspecified atom stereocenters. The van der Waals surface area contributed by atoms with Gasteiger partial charge >= 0.3 is 0 Å². The van der Waals surface area contributed by atoms with Crippen LogP contribution in [-0.4, -0.2) is 39.6 Å². The topological polar surface area (TPSA) is 80.3 Å². The summed E-state index contributed by atoms with van der Waals surface area (Å²) in [5, 5.41) is 1.82. The van der Waals surface area contributed by atoms with Crippen LogP contribution >= 0.6 is 0 Å². The molecule has 140 valence electrons. The van der Waals surface area contributed by atoms with Crippen molar-refractivity contribution in [2.75, 3.05) is 11.5 Å². The van der Waals surface area contributed by atoms with Gasteiger partial charge in [-0.2, -0.15) is 0 Å². The largest absolute Gasteiger partial charge is 0.308 e. The summed E-state index contributed by atoms with van der Waals surface area (Å²) >= 11 is 0. The number of nitrogens with one attached hydrogen (secondary N) is 1. The summed E-state index contributed by atoms with van der Waals surface area (Å²) in [6.45, 7) is 2.00. The van der Waals surface area contributed by atoms with Gasteiger partial charge in [0.2, 0.25) is 0 Å². The maximum Gasteiger partial charge on any atom is 0.186 e. The molecule has 1 aliphatic rings. The van der Waals surface area contributed by atoms with Crippen LogP contribution < -0.4 is 5.32 Å². The molecule has 0 aromatic heterocycles. The molecule has 0 spiro atoms. The monoisotopic (exact) mass is 397 g/mol. The molecule has 2 aromatic rings. The predicted octanol–water partition coefficient (Wildman–Crippen LogP) is 1.86. The minimum Gasteiger partial charge on any atom is -0.308 e. The SMILES string of the molecule is Cc1ccc(F)c(S(=O)(=O)[C@H]2CS(=O)(=O)C[C@@H]2NCc2ccccc2)c1. The van der Waals surface area contributed by atoms with Gasteiger partial charge < -0.3 is 5.32 Å². The van der Waals surface area contributed by atoms with Crippen molar-refractivity contribution in [2.24, 2.45) is 0 Å². The molecular formula is C18H20FNO4S2. The molecule has 26 heavy (non-hydrogen) atoms. The standard InChI is InChI=1S/C18H20FNO4S2/c1-13-7-8-15(19)17(9-13)26(23,24)18-12-25(21,22)11-16(18)20-10-14-5-3-2-4-6-14/h2-9,16,18,20H,10-12H2,1H3/t16-,18-/m0/s1. The normalized spacial score (nSPS) is 22.4. The van der Waals surface area contributed by atoms with E-state index < -0.39 is 47.4 Å². The van der Waals surface area contributed by atoms with Gasteiger partial charge in [-0.05, 0) is 30.2 Å². The second kappa shape index (κ2) is 7.09. The van der Waals surface area contributed by atoms with E-state index in [9.17, 15) is 21.2 Å². The van der Waals surface area contributed by atoms with Gasteiger partial charge in [-0.1, -0.05) is 36.4 Å². The van der Waals surface area contributed by atoms with Gasteiger partial charge in [0.15, 0.2) is 19.7 Å². The highest BCUT2D eigenvalue weighted by molar-refractivity contribution is 7.96. The summed E-state index contributed by atoms with van der Waals surface area (Å²) in [5.41, 5.74) is 1.51. The Morgan fingerprint density at radius 1 is 1.12 bits per heavy atom. The number of hydrogen-bond donors (Lipinski definition) is 1. The van der Waals surface area contributed by atoms with Gasteiger partial charge in [-0.15, -0.1) is 0 Å². The smallest absolute Gasteiger partial charge is 0.186 e. The number of aryl methyl sites for hydroxylation is 1. The molecule has 1 saturated heterocycles. The molecule has 3 rings (SSSR count). The fourth-order valence-electron chi connectivity index (χ4n) is 3.15. The van der Waals surface area contributed by atoms with Gasteiger partial charge in [0.25, 0.3) is 0 Å². The van der Waals surface area contributed by atoms with Crippen molar-refractivity contribution in [1.82, 2.24) is 5.32 Å². The fourth-order valence-corrected chi connectivity index (χ4v) is 8.02. The molecule has 1 aliphatic heterocycles. The minimum absolute atomic E-state index is 0.281. The van der Waals surface area contributed by atoms with Crippen LogP contribution in [0, 0.1) is 12.7 Å². The Morgan fingerprint density at radius 2 is 1.81 bits per heavy atom. The number of sulfone groups is 2. The van der Waals surface area contributed by atoms with Crippen molar-refractivity contribution in [3.05, 3.63) is 65.5 Å². The molecule has 1 heterocycles. The lowest BCUT2D eigenvalue weighted by Crippen LogP contribution is -2.43. The van der Waals surface area contributed by atoms with Crippen LogP contribution in [0.5, 0.6) is 0 Å². The molecular weight excluding hydrogens is 377 g/mol. The van der Waals surface area contributed by atoms with Crippen LogP contribution in [0.1, 0.15) is 11.1 Å². The van der Waals surface area contributed by atoms with Gasteiger partial charge in [-0.25, -0.2) is 21.2 Å². The molecule has 0 radical (unpaired) electrons. The van der Waals surface area contributed by atoms with E-state index in [1.54, 1.807) is 6.92 Å². The Labute approximate surface area is 153 Å². The summed E-state index contributed by atoms with van der Waals surface area (Å²) in [5.74, 6) is -1.64. The third-order valence-electron chi connectivity index (χ3n) is 4.50. The molecule has 0 bridgehead atoms. The van der Waals surface area contributed by atoms with Crippen LogP contribution in [0.2, 0.25) is 0 Å². The quantitative estimate of drug-likeness (QED) is 0.833. The Kier molecular flexibility index (Phi) is 5.18. The van der Waals surface area contributed by atoms with Crippen LogP contribution in [-0.2, 0) is 26.2 Å². The van der Waals surface area contributed by atoms with Crippen LogP contribution in [0.15, 0.2) is 53.4 Å². The maximum atomic E-state index is 14.1. The highest BCUT2D eigenvalue weighted by Crippen LogP contribution is 2.28. The summed E-state index contributed by atoms with van der Waals surface area (Å²) in [6, 6.07) is 12.3. The second-order valence-corrected chi connectivity index (χ2v) is 10.9. The highest BCUT2D eigenvalue weighted by atomic mass is 32.2. The van der Waals surface area contributed by atoms with E-state index in [1.807, 2.05) is 30.3 Å². The van der Waals surface area contributed by atoms with Crippen molar-refractivity contribution in [3.63, 3.8) is 0 Å². The van der Waals surface area contributed by atoms with E-state index in [2.05, 4.69) is 5.32 Å². The average Bonchev–Trinajstić information content (AvgIpc) is 2.91. The lowest BCUT2D eigenvalue weighted by atomic mass is 10.2. The summed E-state index contributed by atoms with van der Waals surface area (Å²) in [6.07, 6.45) is 0. The van der Waals surface area contributed by atoms with Gasteiger partial charge in [0.1, 0.15) is 10.7 Å². The Balaban J connectivity index is 1.91. The third-order valence-corrected chi connectivity index (χ3v) is 8.67. The molecule has 8 heteroatoms. The molecule has 0 saturated carbocycles. The van der Waals surface area contributed by atoms with Crippen molar-refractivity contribution >= 4 is 19.7 Å². The summed E-state index contributed by atoms with van der Waals surface area (Å²) < 4.78 is 64.3. The molecule has 2 aromatic carbocycles. The van der Waals surface area contributed by atoms with E-state index in [0.717, 1.165) is 11.6 Å². The predicted molar refractivity (Wildman–Crippen MR) is 97.8 cm³/mol. The van der Waals surface area contributed by atoms with E-state index in [0.29, 0.717) is 12.1 Å². The molecule has 0 amide bonds. The van der Waals surface area contributed by atoms with E-state index >= 15 is 0 Å². The Morgan fingerprint density at radius 3 is 2.50 bits per heavy atom. The first-order chi connectivity index (χ1) is 12.2. The zero-order chi connectivity index (χ0) is 18.9. The van der Waals surface area contributed by atoms with E-state index in [1.165, 1.54) is 12.1 Å². The van der Waals surface area contributed by atoms with Gasteiger partial charge in [0, 0.05) is 12.6 Å². The molecule has 0 aliphatic carbocycles. The molecule has 5 nitrogen and oxygen atoms in total. The Hall–Kier alpha value is -1.77. The zero-order valence-corrected chi connectivity index (χ0v) is 15.9. The number of benzene rings is 2. The first kappa shape index (κ1) is 19.0. The second-order valence-electron chi connectivity index (χ2n) is 6.57. The van der Waals surface area contributed by atoms with Crippen molar-refractivity contribution in [2.45, 2.75) is 29.7 Å². The van der Waals surface area contributed by atoms with Crippen molar-refractivity contribution in [3.8, 4) is 0 Å². The molecule has 1 N–H and O–H groups in total. The van der Waals surface area contributed by atoms with Crippen LogP contribution in [0.3, 0.4) is 0 Å². The first-order valence-corrected chi connectivity index (χ1v) is 11.5. The average molecular weight is 397 g/mol.